The van der Waals surface area contributed by atoms with Crippen molar-refractivity contribution in [2.24, 2.45) is 24.6 Å². The van der Waals surface area contributed by atoms with Gasteiger partial charge in [0.25, 0.3) is 10.0 Å². The number of hydrogen-bond donors (Lipinski definition) is 2. The van der Waals surface area contributed by atoms with Crippen molar-refractivity contribution >= 4 is 10.0 Å². The van der Waals surface area contributed by atoms with E-state index in [0.29, 0.717) is 24.9 Å². The molecule has 0 aromatic carbocycles. The first-order valence-electron chi connectivity index (χ1n) is 6.70. The number of rotatable bonds is 5. The van der Waals surface area contributed by atoms with E-state index in [2.05, 4.69) is 9.71 Å². The highest BCUT2D eigenvalue weighted by atomic mass is 32.2. The van der Waals surface area contributed by atoms with Crippen molar-refractivity contribution in [3.8, 4) is 0 Å². The zero-order valence-electron chi connectivity index (χ0n) is 11.2. The lowest BCUT2D eigenvalue weighted by molar-refractivity contribution is 0.244. The van der Waals surface area contributed by atoms with Crippen LogP contribution in [0.3, 0.4) is 0 Å². The van der Waals surface area contributed by atoms with Gasteiger partial charge < -0.3 is 10.3 Å². The van der Waals surface area contributed by atoms with Crippen molar-refractivity contribution in [3.63, 3.8) is 0 Å². The van der Waals surface area contributed by atoms with Gasteiger partial charge in [-0.2, -0.15) is 0 Å². The molecule has 0 aliphatic heterocycles. The third-order valence-corrected chi connectivity index (χ3v) is 5.17. The molecule has 1 fully saturated rings. The molecule has 6 nitrogen and oxygen atoms in total. The topological polar surface area (TPSA) is 90.0 Å². The molecule has 3 N–H and O–H groups in total. The first-order valence-corrected chi connectivity index (χ1v) is 8.19. The van der Waals surface area contributed by atoms with Crippen molar-refractivity contribution in [1.82, 2.24) is 14.3 Å². The molecule has 0 radical (unpaired) electrons. The Labute approximate surface area is 114 Å². The molecule has 1 heterocycles. The summed E-state index contributed by atoms with van der Waals surface area (Å²) in [7, 11) is -1.75. The van der Waals surface area contributed by atoms with E-state index in [1.54, 1.807) is 11.6 Å². The summed E-state index contributed by atoms with van der Waals surface area (Å²) in [6.07, 6.45) is 7.50. The number of nitrogens with one attached hydrogen (secondary N) is 1. The summed E-state index contributed by atoms with van der Waals surface area (Å²) in [6, 6.07) is 0. The van der Waals surface area contributed by atoms with E-state index in [4.69, 9.17) is 5.73 Å². The Morgan fingerprint density at radius 1 is 1.42 bits per heavy atom. The molecule has 2 atom stereocenters. The van der Waals surface area contributed by atoms with Crippen LogP contribution in [0.4, 0.5) is 0 Å². The molecule has 1 saturated carbocycles. The second-order valence-corrected chi connectivity index (χ2v) is 6.98. The van der Waals surface area contributed by atoms with Crippen LogP contribution in [0.1, 0.15) is 25.7 Å². The molecule has 1 aromatic heterocycles. The third-order valence-electron chi connectivity index (χ3n) is 3.86. The summed E-state index contributed by atoms with van der Waals surface area (Å²) in [5.74, 6) is 0.775. The predicted molar refractivity (Wildman–Crippen MR) is 72.9 cm³/mol. The monoisotopic (exact) mass is 286 g/mol. The fourth-order valence-electron chi connectivity index (χ4n) is 2.68. The number of aromatic nitrogens is 2. The quantitative estimate of drug-likeness (QED) is 0.823. The summed E-state index contributed by atoms with van der Waals surface area (Å²) in [5.41, 5.74) is 5.75. The van der Waals surface area contributed by atoms with Crippen LogP contribution in [0.15, 0.2) is 17.6 Å². The summed E-state index contributed by atoms with van der Waals surface area (Å²) in [5, 5.41) is 0.0788. The molecular weight excluding hydrogens is 264 g/mol. The zero-order chi connectivity index (χ0) is 13.9. The lowest BCUT2D eigenvalue weighted by Crippen LogP contribution is -2.37. The second-order valence-electron chi connectivity index (χ2n) is 5.27. The number of sulfonamides is 1. The van der Waals surface area contributed by atoms with Crippen molar-refractivity contribution in [2.75, 3.05) is 13.1 Å². The second kappa shape index (κ2) is 6.02. The average molecular weight is 286 g/mol. The molecule has 0 saturated heterocycles. The maximum atomic E-state index is 12.1. The Morgan fingerprint density at radius 2 is 2.11 bits per heavy atom. The van der Waals surface area contributed by atoms with Crippen LogP contribution in [-0.2, 0) is 17.1 Å². The molecule has 1 aromatic rings. The van der Waals surface area contributed by atoms with Gasteiger partial charge in [-0.1, -0.05) is 12.8 Å². The van der Waals surface area contributed by atoms with E-state index in [-0.39, 0.29) is 5.03 Å². The van der Waals surface area contributed by atoms with Crippen LogP contribution in [-0.4, -0.2) is 31.1 Å². The zero-order valence-corrected chi connectivity index (χ0v) is 12.1. The highest BCUT2D eigenvalue weighted by molar-refractivity contribution is 7.89. The minimum absolute atomic E-state index is 0.0788. The fourth-order valence-corrected chi connectivity index (χ4v) is 3.75. The highest BCUT2D eigenvalue weighted by Gasteiger charge is 2.26. The molecule has 7 heteroatoms. The lowest BCUT2D eigenvalue weighted by atomic mass is 9.79. The van der Waals surface area contributed by atoms with Gasteiger partial charge in [0, 0.05) is 19.8 Å². The average Bonchev–Trinajstić information content (AvgIpc) is 2.84. The number of aryl methyl sites for hydroxylation is 1. The molecule has 1 aliphatic carbocycles. The van der Waals surface area contributed by atoms with E-state index in [0.717, 1.165) is 19.3 Å². The van der Waals surface area contributed by atoms with Crippen molar-refractivity contribution in [1.29, 1.82) is 0 Å². The number of nitrogens with two attached hydrogens (primary N) is 1. The minimum atomic E-state index is -3.49. The molecule has 0 bridgehead atoms. The van der Waals surface area contributed by atoms with Crippen LogP contribution in [0.2, 0.25) is 0 Å². The Hall–Kier alpha value is -0.920. The van der Waals surface area contributed by atoms with Crippen LogP contribution in [0.25, 0.3) is 0 Å². The van der Waals surface area contributed by atoms with E-state index >= 15 is 0 Å². The molecule has 108 valence electrons. The number of imidazole rings is 1. The molecule has 1 aliphatic rings. The van der Waals surface area contributed by atoms with Gasteiger partial charge in [0.15, 0.2) is 5.03 Å². The molecule has 2 rings (SSSR count). The first-order chi connectivity index (χ1) is 9.03. The minimum Gasteiger partial charge on any atom is -0.339 e. The van der Waals surface area contributed by atoms with Gasteiger partial charge in [0.05, 0.1) is 6.33 Å². The summed E-state index contributed by atoms with van der Waals surface area (Å²) in [6.45, 7) is 1.09. The van der Waals surface area contributed by atoms with Crippen molar-refractivity contribution < 1.29 is 8.42 Å². The highest BCUT2D eigenvalue weighted by Crippen LogP contribution is 2.28. The third kappa shape index (κ3) is 3.55. The predicted octanol–water partition coefficient (Wildman–Crippen LogP) is 0.464. The van der Waals surface area contributed by atoms with Gasteiger partial charge in [-0.3, -0.25) is 0 Å². The molecule has 19 heavy (non-hydrogen) atoms. The van der Waals surface area contributed by atoms with Crippen LogP contribution < -0.4 is 10.5 Å². The summed E-state index contributed by atoms with van der Waals surface area (Å²) in [4.78, 5) is 3.88. The van der Waals surface area contributed by atoms with Crippen LogP contribution >= 0.6 is 0 Å². The van der Waals surface area contributed by atoms with Gasteiger partial charge >= 0.3 is 0 Å². The van der Waals surface area contributed by atoms with Crippen LogP contribution in [0.5, 0.6) is 0 Å². The Morgan fingerprint density at radius 3 is 2.68 bits per heavy atom. The van der Waals surface area contributed by atoms with Gasteiger partial charge in [-0.15, -0.1) is 0 Å². The largest absolute Gasteiger partial charge is 0.339 e. The van der Waals surface area contributed by atoms with Gasteiger partial charge in [0.2, 0.25) is 0 Å². The normalized spacial score (nSPS) is 24.5. The van der Waals surface area contributed by atoms with Gasteiger partial charge in [-0.05, 0) is 31.2 Å². The summed E-state index contributed by atoms with van der Waals surface area (Å²) < 4.78 is 28.4. The smallest absolute Gasteiger partial charge is 0.259 e. The van der Waals surface area contributed by atoms with Crippen LogP contribution in [0, 0.1) is 11.8 Å². The van der Waals surface area contributed by atoms with Crippen molar-refractivity contribution in [3.05, 3.63) is 12.5 Å². The Bertz CT molecular complexity index is 512. The maximum absolute atomic E-state index is 12.1. The lowest BCUT2D eigenvalue weighted by Gasteiger charge is -2.30. The number of nitrogens with zero attached hydrogens (tertiary/aromatic N) is 2. The Kier molecular flexibility index (Phi) is 4.59. The molecular formula is C12H22N4O2S. The molecule has 0 spiro atoms. The molecule has 2 unspecified atom stereocenters. The fraction of sp³-hybridized carbons (Fsp3) is 0.750. The van der Waals surface area contributed by atoms with E-state index in [1.807, 2.05) is 0 Å². The number of hydrogen-bond acceptors (Lipinski definition) is 4. The SMILES string of the molecule is Cn1cnc(S(=O)(=O)NCC2CCCCC2CN)c1. The van der Waals surface area contributed by atoms with Crippen molar-refractivity contribution in [2.45, 2.75) is 30.7 Å². The Balaban J connectivity index is 1.97. The van der Waals surface area contributed by atoms with Gasteiger partial charge in [0.1, 0.15) is 0 Å². The standard InChI is InChI=1S/C12H22N4O2S/c1-16-8-12(14-9-16)19(17,18)15-7-11-5-3-2-4-10(11)6-13/h8-11,15H,2-7,13H2,1H3. The van der Waals surface area contributed by atoms with Gasteiger partial charge in [-0.25, -0.2) is 18.1 Å². The summed E-state index contributed by atoms with van der Waals surface area (Å²) >= 11 is 0. The van der Waals surface area contributed by atoms with E-state index < -0.39 is 10.0 Å². The van der Waals surface area contributed by atoms with E-state index in [9.17, 15) is 8.42 Å². The molecule has 0 amide bonds. The van der Waals surface area contributed by atoms with E-state index in [1.165, 1.54) is 18.9 Å². The first kappa shape index (κ1) is 14.5. The maximum Gasteiger partial charge on any atom is 0.259 e.